The lowest BCUT2D eigenvalue weighted by Crippen LogP contribution is -1.97. The van der Waals surface area contributed by atoms with Crippen LogP contribution >= 0.6 is 27.3 Å². The van der Waals surface area contributed by atoms with E-state index >= 15 is 0 Å². The summed E-state index contributed by atoms with van der Waals surface area (Å²) >= 11 is 4.94. The Morgan fingerprint density at radius 2 is 2.06 bits per heavy atom. The molecule has 0 radical (unpaired) electrons. The second kappa shape index (κ2) is 4.33. The van der Waals surface area contributed by atoms with E-state index in [2.05, 4.69) is 15.9 Å². The lowest BCUT2D eigenvalue weighted by atomic mass is 10.1. The minimum absolute atomic E-state index is 0.248. The van der Waals surface area contributed by atoms with E-state index in [1.807, 2.05) is 29.6 Å². The Hall–Kier alpha value is -1.04. The van der Waals surface area contributed by atoms with Crippen molar-refractivity contribution in [2.45, 2.75) is 6.10 Å². The summed E-state index contributed by atoms with van der Waals surface area (Å²) in [6.45, 7) is 0.248. The smallest absolute Gasteiger partial charge is 0.231 e. The molecule has 2 aromatic rings. The first-order chi connectivity index (χ1) is 8.25. The van der Waals surface area contributed by atoms with Crippen LogP contribution in [0.4, 0.5) is 0 Å². The molecule has 1 atom stereocenters. The summed E-state index contributed by atoms with van der Waals surface area (Å²) in [5, 5.41) is 12.2. The maximum atomic E-state index is 10.3. The van der Waals surface area contributed by atoms with Gasteiger partial charge < -0.3 is 14.6 Å². The van der Waals surface area contributed by atoms with Gasteiger partial charge in [-0.05, 0) is 45.1 Å². The zero-order chi connectivity index (χ0) is 11.8. The Kier molecular flexibility index (Phi) is 2.82. The highest BCUT2D eigenvalue weighted by atomic mass is 79.9. The highest BCUT2D eigenvalue weighted by Gasteiger charge is 2.19. The molecule has 0 bridgehead atoms. The van der Waals surface area contributed by atoms with Crippen LogP contribution in [0.25, 0.3) is 0 Å². The zero-order valence-electron chi connectivity index (χ0n) is 8.72. The number of aliphatic hydroxyl groups is 1. The minimum Gasteiger partial charge on any atom is -0.454 e. The topological polar surface area (TPSA) is 38.7 Å². The van der Waals surface area contributed by atoms with E-state index in [0.29, 0.717) is 5.75 Å². The van der Waals surface area contributed by atoms with Crippen LogP contribution in [0, 0.1) is 0 Å². The lowest BCUT2D eigenvalue weighted by Gasteiger charge is -2.10. The molecule has 1 aromatic carbocycles. The Morgan fingerprint density at radius 1 is 1.24 bits per heavy atom. The molecule has 0 amide bonds. The van der Waals surface area contributed by atoms with Crippen LogP contribution in [0.3, 0.4) is 0 Å². The highest BCUT2D eigenvalue weighted by molar-refractivity contribution is 9.10. The van der Waals surface area contributed by atoms with Crippen molar-refractivity contribution in [2.24, 2.45) is 0 Å². The summed E-state index contributed by atoms with van der Waals surface area (Å²) in [6, 6.07) is 7.42. The van der Waals surface area contributed by atoms with E-state index in [4.69, 9.17) is 9.47 Å². The van der Waals surface area contributed by atoms with Gasteiger partial charge in [0.2, 0.25) is 6.79 Å². The van der Waals surface area contributed by atoms with Gasteiger partial charge >= 0.3 is 0 Å². The fourth-order valence-corrected chi connectivity index (χ4v) is 3.34. The molecule has 17 heavy (non-hydrogen) atoms. The van der Waals surface area contributed by atoms with Crippen molar-refractivity contribution in [3.63, 3.8) is 0 Å². The highest BCUT2D eigenvalue weighted by Crippen LogP contribution is 2.38. The van der Waals surface area contributed by atoms with Gasteiger partial charge in [0.1, 0.15) is 6.10 Å². The first-order valence-electron chi connectivity index (χ1n) is 5.06. The van der Waals surface area contributed by atoms with Gasteiger partial charge in [0.25, 0.3) is 0 Å². The molecule has 0 fully saturated rings. The van der Waals surface area contributed by atoms with Gasteiger partial charge in [-0.15, -0.1) is 11.3 Å². The number of hydrogen-bond acceptors (Lipinski definition) is 4. The summed E-state index contributed by atoms with van der Waals surface area (Å²) in [5.41, 5.74) is 0.803. The second-order valence-electron chi connectivity index (χ2n) is 3.65. The number of thiophene rings is 1. The number of rotatable bonds is 2. The molecular weight excluding hydrogens is 304 g/mol. The van der Waals surface area contributed by atoms with Crippen molar-refractivity contribution in [2.75, 3.05) is 6.79 Å². The molecule has 3 nitrogen and oxygen atoms in total. The number of aliphatic hydroxyl groups excluding tert-OH is 1. The van der Waals surface area contributed by atoms with E-state index in [1.54, 1.807) is 0 Å². The first kappa shape index (κ1) is 11.1. The molecule has 1 N–H and O–H groups in total. The van der Waals surface area contributed by atoms with Gasteiger partial charge in [-0.3, -0.25) is 0 Å². The molecule has 3 rings (SSSR count). The molecule has 1 aliphatic rings. The van der Waals surface area contributed by atoms with Crippen molar-refractivity contribution in [3.8, 4) is 11.5 Å². The van der Waals surface area contributed by atoms with Crippen molar-refractivity contribution < 1.29 is 14.6 Å². The van der Waals surface area contributed by atoms with Gasteiger partial charge in [-0.1, -0.05) is 6.07 Å². The molecule has 5 heteroatoms. The third-order valence-corrected chi connectivity index (χ3v) is 4.53. The van der Waals surface area contributed by atoms with Crippen LogP contribution in [0.1, 0.15) is 16.5 Å². The Balaban J connectivity index is 1.97. The summed E-state index contributed by atoms with van der Waals surface area (Å²) in [7, 11) is 0. The Labute approximate surface area is 111 Å². The van der Waals surface area contributed by atoms with Gasteiger partial charge in [0.15, 0.2) is 11.5 Å². The quantitative estimate of drug-likeness (QED) is 0.924. The van der Waals surface area contributed by atoms with Crippen LogP contribution in [-0.2, 0) is 0 Å². The van der Waals surface area contributed by atoms with Gasteiger partial charge in [0, 0.05) is 4.47 Å². The average Bonchev–Trinajstić information content (AvgIpc) is 2.95. The predicted octanol–water partition coefficient (Wildman–Crippen LogP) is 3.32. The summed E-state index contributed by atoms with van der Waals surface area (Å²) < 4.78 is 11.5. The summed E-state index contributed by atoms with van der Waals surface area (Å²) in [6.07, 6.45) is -0.640. The second-order valence-corrected chi connectivity index (χ2v) is 5.45. The number of ether oxygens (including phenoxy) is 2. The average molecular weight is 313 g/mol. The molecule has 2 heterocycles. The summed E-state index contributed by atoms with van der Waals surface area (Å²) in [4.78, 5) is 0.892. The minimum atomic E-state index is -0.640. The maximum absolute atomic E-state index is 10.3. The third-order valence-electron chi connectivity index (χ3n) is 2.61. The number of hydrogen-bond donors (Lipinski definition) is 1. The van der Waals surface area contributed by atoms with E-state index in [0.717, 1.165) is 20.7 Å². The van der Waals surface area contributed by atoms with Crippen molar-refractivity contribution in [1.82, 2.24) is 0 Å². The van der Waals surface area contributed by atoms with Crippen molar-refractivity contribution in [3.05, 3.63) is 44.6 Å². The number of fused-ring (bicyclic) bond motifs is 1. The monoisotopic (exact) mass is 312 g/mol. The molecule has 1 aromatic heterocycles. The van der Waals surface area contributed by atoms with Crippen LogP contribution in [0.15, 0.2) is 34.1 Å². The van der Waals surface area contributed by atoms with Crippen LogP contribution in [-0.4, -0.2) is 11.9 Å². The van der Waals surface area contributed by atoms with Gasteiger partial charge in [-0.2, -0.15) is 0 Å². The molecule has 0 spiro atoms. The first-order valence-corrected chi connectivity index (χ1v) is 6.73. The molecule has 0 aliphatic carbocycles. The van der Waals surface area contributed by atoms with Gasteiger partial charge in [0.05, 0.1) is 4.88 Å². The Bertz CT molecular complexity index is 552. The molecule has 0 saturated carbocycles. The molecule has 1 aliphatic heterocycles. The largest absolute Gasteiger partial charge is 0.454 e. The summed E-state index contributed by atoms with van der Waals surface area (Å²) in [5.74, 6) is 1.42. The fraction of sp³-hybridized carbons (Fsp3) is 0.167. The maximum Gasteiger partial charge on any atom is 0.231 e. The number of benzene rings is 1. The fourth-order valence-electron chi connectivity index (χ4n) is 1.74. The SMILES string of the molecule is OC(c1ccc2c(c1)OCO2)c1sccc1Br. The van der Waals surface area contributed by atoms with E-state index in [1.165, 1.54) is 11.3 Å². The lowest BCUT2D eigenvalue weighted by molar-refractivity contribution is 0.173. The Morgan fingerprint density at radius 3 is 2.82 bits per heavy atom. The molecule has 1 unspecified atom stereocenters. The molecule has 0 saturated heterocycles. The van der Waals surface area contributed by atoms with Gasteiger partial charge in [-0.25, -0.2) is 0 Å². The van der Waals surface area contributed by atoms with Crippen LogP contribution < -0.4 is 9.47 Å². The zero-order valence-corrected chi connectivity index (χ0v) is 11.1. The molecule has 88 valence electrons. The normalized spacial score (nSPS) is 14.9. The van der Waals surface area contributed by atoms with Crippen molar-refractivity contribution in [1.29, 1.82) is 0 Å². The predicted molar refractivity (Wildman–Crippen MR) is 68.6 cm³/mol. The standard InChI is InChI=1S/C12H9BrO3S/c13-8-3-4-17-12(8)11(14)7-1-2-9-10(5-7)16-6-15-9/h1-5,11,14H,6H2. The number of halogens is 1. The third kappa shape index (κ3) is 1.94. The van der Waals surface area contributed by atoms with Crippen molar-refractivity contribution >= 4 is 27.3 Å². The van der Waals surface area contributed by atoms with Crippen LogP contribution in [0.2, 0.25) is 0 Å². The van der Waals surface area contributed by atoms with E-state index in [9.17, 15) is 5.11 Å². The molecular formula is C12H9BrO3S. The van der Waals surface area contributed by atoms with E-state index < -0.39 is 6.10 Å². The van der Waals surface area contributed by atoms with Crippen LogP contribution in [0.5, 0.6) is 11.5 Å². The van der Waals surface area contributed by atoms with E-state index in [-0.39, 0.29) is 6.79 Å².